The van der Waals surface area contributed by atoms with Crippen LogP contribution in [0.1, 0.15) is 322 Å². The van der Waals surface area contributed by atoms with Crippen molar-refractivity contribution in [2.24, 2.45) is 0 Å². The number of phosphoric ester groups is 1. The number of carbonyl (C=O) groups is 2. The summed E-state index contributed by atoms with van der Waals surface area (Å²) in [5.41, 5.74) is 0. The molecule has 0 aromatic heterocycles. The smallest absolute Gasteiger partial charge is 0.462 e. The molecule has 9 nitrogen and oxygen atoms in total. The minimum Gasteiger partial charge on any atom is -0.462 e. The second-order valence-electron chi connectivity index (χ2n) is 25.6. The molecule has 0 rings (SSSR count). The Morgan fingerprint density at radius 1 is 0.352 bits per heavy atom. The van der Waals surface area contributed by atoms with E-state index in [1.807, 2.05) is 21.1 Å². The summed E-state index contributed by atoms with van der Waals surface area (Å²) in [6.07, 6.45) is 96.5. The first-order valence-corrected chi connectivity index (χ1v) is 38.1. The summed E-state index contributed by atoms with van der Waals surface area (Å²) in [4.78, 5) is 35.9. The zero-order chi connectivity index (χ0) is 64.1. The first-order valence-electron chi connectivity index (χ1n) is 36.6. The summed E-state index contributed by atoms with van der Waals surface area (Å²) in [6.45, 7) is 4.22. The van der Waals surface area contributed by atoms with E-state index in [9.17, 15) is 19.0 Å². The van der Waals surface area contributed by atoms with E-state index in [1.54, 1.807) is 0 Å². The zero-order valence-electron chi connectivity index (χ0n) is 57.9. The summed E-state index contributed by atoms with van der Waals surface area (Å²) in [6, 6.07) is 0. The van der Waals surface area contributed by atoms with Gasteiger partial charge in [0, 0.05) is 12.8 Å². The third kappa shape index (κ3) is 71.7. The number of esters is 2. The number of hydrogen-bond acceptors (Lipinski definition) is 7. The van der Waals surface area contributed by atoms with Gasteiger partial charge >= 0.3 is 19.8 Å². The summed E-state index contributed by atoms with van der Waals surface area (Å²) >= 11 is 0. The predicted molar refractivity (Wildman–Crippen MR) is 381 cm³/mol. The highest BCUT2D eigenvalue weighted by Gasteiger charge is 2.27. The van der Waals surface area contributed by atoms with E-state index >= 15 is 0 Å². The van der Waals surface area contributed by atoms with E-state index in [0.717, 1.165) is 103 Å². The number of unbranched alkanes of at least 4 members (excludes halogenated alkanes) is 35. The Labute approximate surface area is 544 Å². The van der Waals surface area contributed by atoms with Crippen LogP contribution in [-0.2, 0) is 32.7 Å². The Balaban J connectivity index is 3.93. The van der Waals surface area contributed by atoms with Gasteiger partial charge in [-0.15, -0.1) is 0 Å². The molecule has 0 radical (unpaired) electrons. The number of nitrogens with zero attached hydrogens (tertiary/aromatic N) is 1. The molecular weight excluding hydrogens is 1110 g/mol. The lowest BCUT2D eigenvalue weighted by Crippen LogP contribution is -2.37. The fourth-order valence-electron chi connectivity index (χ4n) is 10.3. The molecule has 0 aliphatic carbocycles. The zero-order valence-corrected chi connectivity index (χ0v) is 58.8. The molecule has 2 unspecified atom stereocenters. The average molecular weight is 1250 g/mol. The maximum atomic E-state index is 12.9. The summed E-state index contributed by atoms with van der Waals surface area (Å²) in [5.74, 6) is -0.802. The quantitative estimate of drug-likeness (QED) is 0.0211. The number of ether oxygens (including phenoxy) is 2. The van der Waals surface area contributed by atoms with Gasteiger partial charge in [-0.3, -0.25) is 18.6 Å². The van der Waals surface area contributed by atoms with Crippen molar-refractivity contribution in [2.45, 2.75) is 328 Å². The van der Waals surface area contributed by atoms with Gasteiger partial charge in [0.25, 0.3) is 0 Å². The fraction of sp³-hybridized carbons (Fsp3) is 0.744. The molecule has 0 spiro atoms. The van der Waals surface area contributed by atoms with Crippen LogP contribution in [-0.4, -0.2) is 74.9 Å². The summed E-state index contributed by atoms with van der Waals surface area (Å²) in [7, 11) is 1.47. The van der Waals surface area contributed by atoms with Gasteiger partial charge in [0.05, 0.1) is 27.7 Å². The van der Waals surface area contributed by atoms with Crippen molar-refractivity contribution >= 4 is 19.8 Å². The third-order valence-corrected chi connectivity index (χ3v) is 16.8. The SMILES string of the molecule is CC/C=C\C/C=C\C/C=C\C/C=C\C/C=C\CCCCCCCCCC(=O)OC(COC(=O)CCCCCCCCCCCCCCCCCCCCCCCCCCCCCC/C=C\C/C=C\C/C=C\C/C=C\CC)COP(=O)(O)OCC[N+](C)(C)C. The van der Waals surface area contributed by atoms with Gasteiger partial charge < -0.3 is 18.9 Å². The van der Waals surface area contributed by atoms with E-state index in [4.69, 9.17) is 18.5 Å². The van der Waals surface area contributed by atoms with Crippen molar-refractivity contribution in [1.82, 2.24) is 0 Å². The van der Waals surface area contributed by atoms with Crippen molar-refractivity contribution in [1.29, 1.82) is 0 Å². The van der Waals surface area contributed by atoms with Crippen molar-refractivity contribution in [3.63, 3.8) is 0 Å². The largest absolute Gasteiger partial charge is 0.472 e. The van der Waals surface area contributed by atoms with Gasteiger partial charge in [0.2, 0.25) is 0 Å². The second-order valence-corrected chi connectivity index (χ2v) is 27.0. The number of rotatable bonds is 67. The normalized spacial score (nSPS) is 13.8. The van der Waals surface area contributed by atoms with Crippen LogP contribution in [0.4, 0.5) is 0 Å². The summed E-state index contributed by atoms with van der Waals surface area (Å²) in [5, 5.41) is 0. The average Bonchev–Trinajstić information content (AvgIpc) is 3.68. The maximum absolute atomic E-state index is 12.9. The van der Waals surface area contributed by atoms with Gasteiger partial charge in [0.15, 0.2) is 6.10 Å². The molecule has 0 aromatic rings. The lowest BCUT2D eigenvalue weighted by Gasteiger charge is -2.24. The molecule has 0 aliphatic rings. The number of allylic oxidation sites excluding steroid dienone is 18. The van der Waals surface area contributed by atoms with Crippen molar-refractivity contribution in [2.75, 3.05) is 47.5 Å². The van der Waals surface area contributed by atoms with Crippen LogP contribution in [0.5, 0.6) is 0 Å². The first kappa shape index (κ1) is 84.7. The monoisotopic (exact) mass is 1250 g/mol. The standard InChI is InChI=1S/C78H138NO8P/c1-6-8-10-12-14-16-18-20-22-24-26-28-30-31-32-33-34-35-36-37-38-39-40-41-42-43-44-45-46-47-49-50-52-54-56-58-60-62-64-66-68-70-77(80)84-74-76(75-86-88(82,83)85-73-72-79(3,4)5)87-78(81)71-69-67-65-63-61-59-57-55-53-51-48-29-27-25-23-21-19-17-15-13-11-9-7-2/h8-11,14-17,20-23,26-29,51,53,76H,6-7,12-13,18-19,24-25,30-50,52,54-75H2,1-5H3/p+1/b10-8-,11-9-,16-14-,17-15-,22-20-,23-21-,28-26-,29-27-,53-51-. The van der Waals surface area contributed by atoms with Crippen molar-refractivity contribution < 1.29 is 42.1 Å². The van der Waals surface area contributed by atoms with E-state index in [1.165, 1.54) is 186 Å². The summed E-state index contributed by atoms with van der Waals surface area (Å²) < 4.78 is 34.7. The molecule has 1 N–H and O–H groups in total. The third-order valence-electron chi connectivity index (χ3n) is 15.8. The fourth-order valence-corrected chi connectivity index (χ4v) is 11.0. The molecular formula is C78H139NO8P+. The van der Waals surface area contributed by atoms with Crippen LogP contribution in [0.15, 0.2) is 109 Å². The Morgan fingerprint density at radius 2 is 0.614 bits per heavy atom. The maximum Gasteiger partial charge on any atom is 0.472 e. The van der Waals surface area contributed by atoms with Crippen LogP contribution in [0.3, 0.4) is 0 Å². The van der Waals surface area contributed by atoms with Crippen LogP contribution in [0.2, 0.25) is 0 Å². The number of hydrogen-bond donors (Lipinski definition) is 1. The Hall–Kier alpha value is -3.33. The number of phosphoric acid groups is 1. The molecule has 88 heavy (non-hydrogen) atoms. The lowest BCUT2D eigenvalue weighted by molar-refractivity contribution is -0.870. The number of quaternary nitrogens is 1. The van der Waals surface area contributed by atoms with Gasteiger partial charge in [-0.2, -0.15) is 0 Å². The molecule has 0 saturated carbocycles. The molecule has 0 bridgehead atoms. The van der Waals surface area contributed by atoms with E-state index in [-0.39, 0.29) is 32.0 Å². The van der Waals surface area contributed by atoms with Crippen LogP contribution >= 0.6 is 7.82 Å². The van der Waals surface area contributed by atoms with Crippen LogP contribution < -0.4 is 0 Å². The highest BCUT2D eigenvalue weighted by molar-refractivity contribution is 7.47. The molecule has 0 heterocycles. The van der Waals surface area contributed by atoms with Crippen molar-refractivity contribution in [3.05, 3.63) is 109 Å². The highest BCUT2D eigenvalue weighted by atomic mass is 31.2. The minimum absolute atomic E-state index is 0.0266. The molecule has 0 aromatic carbocycles. The molecule has 10 heteroatoms. The van der Waals surface area contributed by atoms with Crippen LogP contribution in [0, 0.1) is 0 Å². The molecule has 0 aliphatic heterocycles. The molecule has 2 atom stereocenters. The lowest BCUT2D eigenvalue weighted by atomic mass is 10.0. The van der Waals surface area contributed by atoms with Crippen LogP contribution in [0.25, 0.3) is 0 Å². The van der Waals surface area contributed by atoms with Gasteiger partial charge in [-0.05, 0) is 96.3 Å². The Bertz CT molecular complexity index is 1850. The Kier molecular flexibility index (Phi) is 65.5. The molecule has 0 saturated heterocycles. The number of carbonyl (C=O) groups excluding carboxylic acids is 2. The van der Waals surface area contributed by atoms with E-state index in [2.05, 4.69) is 123 Å². The topological polar surface area (TPSA) is 108 Å². The Morgan fingerprint density at radius 3 is 0.909 bits per heavy atom. The molecule has 0 fully saturated rings. The van der Waals surface area contributed by atoms with Gasteiger partial charge in [0.1, 0.15) is 19.8 Å². The van der Waals surface area contributed by atoms with E-state index < -0.39 is 26.5 Å². The number of likely N-dealkylation sites (N-methyl/N-ethyl adjacent to an activating group) is 1. The van der Waals surface area contributed by atoms with E-state index in [0.29, 0.717) is 17.4 Å². The molecule has 0 amide bonds. The highest BCUT2D eigenvalue weighted by Crippen LogP contribution is 2.43. The predicted octanol–water partition coefficient (Wildman–Crippen LogP) is 24.1. The van der Waals surface area contributed by atoms with Gasteiger partial charge in [-0.25, -0.2) is 4.57 Å². The second kappa shape index (κ2) is 68.0. The van der Waals surface area contributed by atoms with Gasteiger partial charge in [-0.1, -0.05) is 322 Å². The molecule has 508 valence electrons. The first-order chi connectivity index (χ1) is 43.0. The van der Waals surface area contributed by atoms with Crippen molar-refractivity contribution in [3.8, 4) is 0 Å². The minimum atomic E-state index is -4.40.